The van der Waals surface area contributed by atoms with Crippen molar-refractivity contribution in [2.24, 2.45) is 0 Å². The molecule has 7 nitrogen and oxygen atoms in total. The van der Waals surface area contributed by atoms with Crippen molar-refractivity contribution in [2.75, 3.05) is 5.32 Å². The molecule has 0 saturated heterocycles. The first-order valence-electron chi connectivity index (χ1n) is 9.30. The Morgan fingerprint density at radius 3 is 2.64 bits per heavy atom. The second-order valence-electron chi connectivity index (χ2n) is 7.03. The van der Waals surface area contributed by atoms with E-state index in [2.05, 4.69) is 15.3 Å². The van der Waals surface area contributed by atoms with E-state index < -0.39 is 0 Å². The zero-order valence-electron chi connectivity index (χ0n) is 15.6. The highest BCUT2D eigenvalue weighted by atomic mass is 16.2. The molecule has 0 radical (unpaired) electrons. The summed E-state index contributed by atoms with van der Waals surface area (Å²) in [6.07, 6.45) is 5.41. The number of carbonyl (C=O) groups excluding carboxylic acids is 2. The number of nitrogens with zero attached hydrogens (tertiary/aromatic N) is 3. The summed E-state index contributed by atoms with van der Waals surface area (Å²) in [7, 11) is 0. The highest BCUT2D eigenvalue weighted by Crippen LogP contribution is 2.21. The van der Waals surface area contributed by atoms with Crippen molar-refractivity contribution in [3.63, 3.8) is 0 Å². The van der Waals surface area contributed by atoms with Gasteiger partial charge in [-0.05, 0) is 68.5 Å². The Morgan fingerprint density at radius 1 is 1.14 bits per heavy atom. The van der Waals surface area contributed by atoms with Crippen molar-refractivity contribution in [3.05, 3.63) is 63.8 Å². The van der Waals surface area contributed by atoms with Gasteiger partial charge >= 0.3 is 0 Å². The predicted octanol–water partition coefficient (Wildman–Crippen LogP) is 2.51. The van der Waals surface area contributed by atoms with Crippen molar-refractivity contribution in [3.8, 4) is 0 Å². The third-order valence-corrected chi connectivity index (χ3v) is 4.98. The Kier molecular flexibility index (Phi) is 4.73. The Hall–Kier alpha value is -3.35. The molecule has 1 aliphatic carbocycles. The van der Waals surface area contributed by atoms with Gasteiger partial charge in [0.05, 0.1) is 5.39 Å². The van der Waals surface area contributed by atoms with Gasteiger partial charge in [-0.15, -0.1) is 0 Å². The summed E-state index contributed by atoms with van der Waals surface area (Å²) in [5.41, 5.74) is 3.42. The highest BCUT2D eigenvalue weighted by Gasteiger charge is 2.15. The van der Waals surface area contributed by atoms with Crippen LogP contribution in [0.2, 0.25) is 0 Å². The number of fused-ring (bicyclic) bond motifs is 2. The number of nitrogens with one attached hydrogen (secondary N) is 1. The van der Waals surface area contributed by atoms with E-state index in [0.29, 0.717) is 22.3 Å². The van der Waals surface area contributed by atoms with Crippen LogP contribution in [0.25, 0.3) is 11.0 Å². The first kappa shape index (κ1) is 18.0. The van der Waals surface area contributed by atoms with Gasteiger partial charge in [0.1, 0.15) is 12.9 Å². The van der Waals surface area contributed by atoms with Gasteiger partial charge in [-0.1, -0.05) is 0 Å². The molecular weight excluding hydrogens is 356 g/mol. The van der Waals surface area contributed by atoms with Gasteiger partial charge in [-0.25, -0.2) is 9.97 Å². The van der Waals surface area contributed by atoms with E-state index in [0.717, 1.165) is 36.9 Å². The number of rotatable bonds is 4. The molecule has 4 rings (SSSR count). The molecule has 1 aromatic carbocycles. The summed E-state index contributed by atoms with van der Waals surface area (Å²) in [6.45, 7) is 1.34. The van der Waals surface area contributed by atoms with Crippen LogP contribution in [0, 0.1) is 0 Å². The van der Waals surface area contributed by atoms with Crippen molar-refractivity contribution < 1.29 is 9.59 Å². The van der Waals surface area contributed by atoms with Gasteiger partial charge in [-0.2, -0.15) is 0 Å². The van der Waals surface area contributed by atoms with Crippen LogP contribution in [0.5, 0.6) is 0 Å². The Bertz CT molecular complexity index is 1130. The summed E-state index contributed by atoms with van der Waals surface area (Å²) >= 11 is 0. The fourth-order valence-electron chi connectivity index (χ4n) is 3.47. The molecule has 28 heavy (non-hydrogen) atoms. The van der Waals surface area contributed by atoms with Crippen molar-refractivity contribution in [1.82, 2.24) is 14.5 Å². The topological polar surface area (TPSA) is 93.9 Å². The number of hydrogen-bond donors (Lipinski definition) is 1. The number of ketones is 1. The number of benzene rings is 1. The number of hydrogen-bond acceptors (Lipinski definition) is 5. The zero-order valence-corrected chi connectivity index (χ0v) is 15.6. The maximum absolute atomic E-state index is 12.8. The van der Waals surface area contributed by atoms with Crippen LogP contribution in [0.3, 0.4) is 0 Å². The minimum atomic E-state index is -0.343. The second kappa shape index (κ2) is 7.34. The molecule has 2 heterocycles. The van der Waals surface area contributed by atoms with Crippen molar-refractivity contribution in [2.45, 2.75) is 39.2 Å². The lowest BCUT2D eigenvalue weighted by atomic mass is 9.95. The number of carbonyl (C=O) groups is 2. The van der Waals surface area contributed by atoms with Gasteiger partial charge in [0.25, 0.3) is 5.56 Å². The van der Waals surface area contributed by atoms with Crippen LogP contribution < -0.4 is 10.9 Å². The molecule has 3 aromatic rings. The molecule has 1 amide bonds. The molecular formula is C21H20N4O3. The zero-order chi connectivity index (χ0) is 19.7. The van der Waals surface area contributed by atoms with E-state index in [9.17, 15) is 14.4 Å². The maximum Gasteiger partial charge on any atom is 0.263 e. The van der Waals surface area contributed by atoms with E-state index in [-0.39, 0.29) is 23.8 Å². The normalized spacial score (nSPS) is 13.2. The van der Waals surface area contributed by atoms with Crippen molar-refractivity contribution >= 4 is 28.4 Å². The summed E-state index contributed by atoms with van der Waals surface area (Å²) in [6, 6.07) is 8.49. The Balaban J connectivity index is 1.55. The van der Waals surface area contributed by atoms with Gasteiger partial charge in [-0.3, -0.25) is 19.0 Å². The van der Waals surface area contributed by atoms with Crippen LogP contribution in [0.15, 0.2) is 41.5 Å². The molecule has 7 heteroatoms. The van der Waals surface area contributed by atoms with E-state index in [1.807, 2.05) is 6.07 Å². The quantitative estimate of drug-likeness (QED) is 0.706. The third kappa shape index (κ3) is 3.55. The summed E-state index contributed by atoms with van der Waals surface area (Å²) in [5.74, 6) is -0.382. The molecule has 2 aromatic heterocycles. The van der Waals surface area contributed by atoms with Gasteiger partial charge in [0.15, 0.2) is 11.4 Å². The molecule has 0 fully saturated rings. The van der Waals surface area contributed by atoms with Crippen molar-refractivity contribution in [1.29, 1.82) is 0 Å². The van der Waals surface area contributed by atoms with Crippen LogP contribution in [0.1, 0.15) is 41.4 Å². The molecule has 0 spiro atoms. The fourth-order valence-corrected chi connectivity index (χ4v) is 3.47. The number of amides is 1. The minimum Gasteiger partial charge on any atom is -0.325 e. The average molecular weight is 376 g/mol. The summed E-state index contributed by atoms with van der Waals surface area (Å²) in [4.78, 5) is 45.3. The summed E-state index contributed by atoms with van der Waals surface area (Å²) in [5, 5.41) is 3.17. The molecule has 0 saturated carbocycles. The maximum atomic E-state index is 12.8. The molecule has 0 unspecified atom stereocenters. The van der Waals surface area contributed by atoms with Crippen LogP contribution in [0.4, 0.5) is 5.69 Å². The third-order valence-electron chi connectivity index (χ3n) is 4.98. The van der Waals surface area contributed by atoms with E-state index in [1.54, 1.807) is 24.3 Å². The molecule has 0 aliphatic heterocycles. The lowest BCUT2D eigenvalue weighted by Crippen LogP contribution is -2.28. The predicted molar refractivity (Wildman–Crippen MR) is 106 cm³/mol. The first-order chi connectivity index (χ1) is 13.5. The second-order valence-corrected chi connectivity index (χ2v) is 7.03. The monoisotopic (exact) mass is 376 g/mol. The molecule has 0 bridgehead atoms. The summed E-state index contributed by atoms with van der Waals surface area (Å²) < 4.78 is 1.29. The lowest BCUT2D eigenvalue weighted by molar-refractivity contribution is -0.116. The molecule has 0 atom stereocenters. The van der Waals surface area contributed by atoms with Crippen LogP contribution in [-0.2, 0) is 24.2 Å². The Labute approximate surface area is 161 Å². The van der Waals surface area contributed by atoms with E-state index >= 15 is 0 Å². The highest BCUT2D eigenvalue weighted by molar-refractivity contribution is 5.95. The van der Waals surface area contributed by atoms with Gasteiger partial charge in [0, 0.05) is 16.9 Å². The number of Topliss-reactive ketones (excluding diaryl/α,β-unsaturated/α-hetero) is 1. The number of pyridine rings is 1. The molecule has 1 aliphatic rings. The minimum absolute atomic E-state index is 0.0394. The van der Waals surface area contributed by atoms with Crippen LogP contribution >= 0.6 is 0 Å². The largest absolute Gasteiger partial charge is 0.325 e. The standard InChI is InChI=1S/C21H20N4O3/c1-13(26)14-6-8-16(9-7-14)23-19(27)11-25-12-22-20-17(21(25)28)10-15-4-2-3-5-18(15)24-20/h6-10,12H,2-5,11H2,1H3,(H,23,27). The number of aryl methyl sites for hydroxylation is 2. The lowest BCUT2D eigenvalue weighted by Gasteiger charge is -2.15. The van der Waals surface area contributed by atoms with Gasteiger partial charge in [0.2, 0.25) is 5.91 Å². The SMILES string of the molecule is CC(=O)c1ccc(NC(=O)Cn2cnc3nc4c(cc3c2=O)CCCC4)cc1. The van der Waals surface area contributed by atoms with Crippen LogP contribution in [-0.4, -0.2) is 26.2 Å². The van der Waals surface area contributed by atoms with E-state index in [4.69, 9.17) is 0 Å². The molecule has 1 N–H and O–H groups in total. The molecule has 142 valence electrons. The fraction of sp³-hybridized carbons (Fsp3) is 0.286. The first-order valence-corrected chi connectivity index (χ1v) is 9.30. The number of aromatic nitrogens is 3. The van der Waals surface area contributed by atoms with Gasteiger partial charge < -0.3 is 5.32 Å². The Morgan fingerprint density at radius 2 is 1.89 bits per heavy atom. The smallest absolute Gasteiger partial charge is 0.263 e. The number of anilines is 1. The average Bonchev–Trinajstić information content (AvgIpc) is 2.69. The van der Waals surface area contributed by atoms with E-state index in [1.165, 1.54) is 17.8 Å².